The van der Waals surface area contributed by atoms with Gasteiger partial charge in [-0.15, -0.1) is 0 Å². The van der Waals surface area contributed by atoms with Crippen LogP contribution < -0.4 is 19.6 Å². The number of hydrogen-bond acceptors (Lipinski definition) is 6. The molecule has 0 heterocycles. The molecule has 2 rings (SSSR count). The lowest BCUT2D eigenvalue weighted by Gasteiger charge is -2.10. The first kappa shape index (κ1) is 18.8. The van der Waals surface area contributed by atoms with E-state index in [0.29, 0.717) is 28.5 Å². The van der Waals surface area contributed by atoms with Crippen molar-refractivity contribution in [1.82, 2.24) is 5.43 Å². The molecule has 2 aromatic carbocycles. The second kappa shape index (κ2) is 9.08. The average Bonchev–Trinajstić information content (AvgIpc) is 2.69. The van der Waals surface area contributed by atoms with E-state index in [2.05, 4.69) is 10.5 Å². The zero-order valence-electron chi connectivity index (χ0n) is 14.8. The van der Waals surface area contributed by atoms with Crippen molar-refractivity contribution in [3.05, 3.63) is 53.6 Å². The van der Waals surface area contributed by atoms with Gasteiger partial charge in [-0.05, 0) is 31.2 Å². The van der Waals surface area contributed by atoms with E-state index < -0.39 is 5.91 Å². The van der Waals surface area contributed by atoms with Gasteiger partial charge in [-0.1, -0.05) is 12.1 Å². The van der Waals surface area contributed by atoms with Crippen molar-refractivity contribution < 1.29 is 19.0 Å². The first-order valence-corrected chi connectivity index (χ1v) is 7.76. The van der Waals surface area contributed by atoms with Gasteiger partial charge >= 0.3 is 0 Å². The number of hydrogen-bond donors (Lipinski definition) is 1. The molecule has 0 aliphatic carbocycles. The first-order chi connectivity index (χ1) is 12.6. The first-order valence-electron chi connectivity index (χ1n) is 7.76. The fourth-order valence-electron chi connectivity index (χ4n) is 2.16. The Morgan fingerprint density at radius 1 is 1.15 bits per heavy atom. The smallest absolute Gasteiger partial charge is 0.277 e. The van der Waals surface area contributed by atoms with Gasteiger partial charge in [-0.3, -0.25) is 4.79 Å². The van der Waals surface area contributed by atoms with Crippen LogP contribution >= 0.6 is 0 Å². The van der Waals surface area contributed by atoms with Crippen molar-refractivity contribution in [3.63, 3.8) is 0 Å². The van der Waals surface area contributed by atoms with Crippen LogP contribution in [0.25, 0.3) is 0 Å². The highest BCUT2D eigenvalue weighted by molar-refractivity contribution is 6.01. The van der Waals surface area contributed by atoms with Crippen LogP contribution in [0.3, 0.4) is 0 Å². The number of carbonyl (C=O) groups excluding carboxylic acids is 1. The molecule has 0 saturated carbocycles. The number of carbonyl (C=O) groups is 1. The molecule has 0 aliphatic heterocycles. The lowest BCUT2D eigenvalue weighted by atomic mass is 10.1. The van der Waals surface area contributed by atoms with Crippen LogP contribution in [0.1, 0.15) is 18.1 Å². The normalized spacial score (nSPS) is 10.6. The number of methoxy groups -OCH3 is 2. The zero-order chi connectivity index (χ0) is 18.9. The molecule has 0 saturated heterocycles. The maximum atomic E-state index is 11.9. The molecule has 7 nitrogen and oxygen atoms in total. The molecule has 0 radical (unpaired) electrons. The second-order valence-electron chi connectivity index (χ2n) is 5.20. The third-order valence-corrected chi connectivity index (χ3v) is 3.51. The topological polar surface area (TPSA) is 92.9 Å². The summed E-state index contributed by atoms with van der Waals surface area (Å²) >= 11 is 0. The van der Waals surface area contributed by atoms with Gasteiger partial charge in [0.15, 0.2) is 6.61 Å². The largest absolute Gasteiger partial charge is 0.497 e. The summed E-state index contributed by atoms with van der Waals surface area (Å²) in [5, 5.41) is 13.1. The van der Waals surface area contributed by atoms with Crippen LogP contribution in [0.4, 0.5) is 0 Å². The summed E-state index contributed by atoms with van der Waals surface area (Å²) < 4.78 is 15.8. The maximum Gasteiger partial charge on any atom is 0.277 e. The number of rotatable bonds is 7. The van der Waals surface area contributed by atoms with Crippen molar-refractivity contribution in [2.24, 2.45) is 5.10 Å². The summed E-state index contributed by atoms with van der Waals surface area (Å²) in [6.45, 7) is 1.49. The van der Waals surface area contributed by atoms with Gasteiger partial charge in [0.05, 0.1) is 25.5 Å². The third-order valence-electron chi connectivity index (χ3n) is 3.51. The number of para-hydroxylation sites is 1. The summed E-state index contributed by atoms with van der Waals surface area (Å²) in [4.78, 5) is 11.9. The Morgan fingerprint density at radius 3 is 2.62 bits per heavy atom. The molecule has 0 atom stereocenters. The molecule has 0 aromatic heterocycles. The minimum atomic E-state index is -0.440. The molecule has 0 spiro atoms. The van der Waals surface area contributed by atoms with E-state index in [4.69, 9.17) is 19.5 Å². The van der Waals surface area contributed by atoms with Gasteiger partial charge in [0.1, 0.15) is 23.3 Å². The fraction of sp³-hybridized carbons (Fsp3) is 0.211. The molecule has 0 aliphatic rings. The van der Waals surface area contributed by atoms with Gasteiger partial charge < -0.3 is 14.2 Å². The molecular weight excluding hydrogens is 334 g/mol. The number of nitrogens with one attached hydrogen (secondary N) is 1. The van der Waals surface area contributed by atoms with Crippen LogP contribution in [0.2, 0.25) is 0 Å². The highest BCUT2D eigenvalue weighted by Crippen LogP contribution is 2.25. The molecule has 2 aromatic rings. The number of amides is 1. The Hall–Kier alpha value is -3.53. The summed E-state index contributed by atoms with van der Waals surface area (Å²) in [5.41, 5.74) is 4.08. The predicted molar refractivity (Wildman–Crippen MR) is 96.6 cm³/mol. The third kappa shape index (κ3) is 4.74. The molecular formula is C19H19N3O4. The quantitative estimate of drug-likeness (QED) is 0.610. The number of nitrogens with zero attached hydrogens (tertiary/aromatic N) is 2. The Labute approximate surface area is 151 Å². The van der Waals surface area contributed by atoms with Crippen molar-refractivity contribution >= 4 is 11.6 Å². The highest BCUT2D eigenvalue weighted by Gasteiger charge is 2.10. The predicted octanol–water partition coefficient (Wildman–Crippen LogP) is 2.49. The molecule has 26 heavy (non-hydrogen) atoms. The van der Waals surface area contributed by atoms with Gasteiger partial charge in [0.25, 0.3) is 5.91 Å². The molecule has 1 amide bonds. The second-order valence-corrected chi connectivity index (χ2v) is 5.20. The maximum absolute atomic E-state index is 11.9. The standard InChI is InChI=1S/C19H19N3O4/c1-13(16-9-8-15(24-2)10-18(16)25-3)21-22-19(23)12-26-17-7-5-4-6-14(17)11-20/h4-10H,12H2,1-3H3,(H,22,23)/b21-13-. The van der Waals surface area contributed by atoms with Crippen LogP contribution in [0, 0.1) is 11.3 Å². The Morgan fingerprint density at radius 2 is 1.92 bits per heavy atom. The minimum absolute atomic E-state index is 0.255. The molecule has 0 fully saturated rings. The molecule has 7 heteroatoms. The highest BCUT2D eigenvalue weighted by atomic mass is 16.5. The zero-order valence-corrected chi connectivity index (χ0v) is 14.8. The van der Waals surface area contributed by atoms with Gasteiger partial charge in [-0.25, -0.2) is 5.43 Å². The van der Waals surface area contributed by atoms with Crippen LogP contribution in [0.15, 0.2) is 47.6 Å². The van der Waals surface area contributed by atoms with Crippen molar-refractivity contribution in [3.8, 4) is 23.3 Å². The van der Waals surface area contributed by atoms with Crippen molar-refractivity contribution in [2.75, 3.05) is 20.8 Å². The molecule has 134 valence electrons. The van der Waals surface area contributed by atoms with Crippen molar-refractivity contribution in [1.29, 1.82) is 5.26 Å². The number of benzene rings is 2. The lowest BCUT2D eigenvalue weighted by molar-refractivity contribution is -0.123. The van der Waals surface area contributed by atoms with E-state index in [1.54, 1.807) is 63.6 Å². The summed E-state index contributed by atoms with van der Waals surface area (Å²) in [7, 11) is 3.12. The van der Waals surface area contributed by atoms with Crippen LogP contribution in [-0.4, -0.2) is 32.4 Å². The SMILES string of the molecule is COc1ccc(/C(C)=N\NC(=O)COc2ccccc2C#N)c(OC)c1. The lowest BCUT2D eigenvalue weighted by Crippen LogP contribution is -2.25. The number of ether oxygens (including phenoxy) is 3. The van der Waals surface area contributed by atoms with Gasteiger partial charge in [0, 0.05) is 11.6 Å². The van der Waals surface area contributed by atoms with E-state index in [0.717, 1.165) is 5.56 Å². The molecule has 0 unspecified atom stereocenters. The monoisotopic (exact) mass is 353 g/mol. The van der Waals surface area contributed by atoms with E-state index in [9.17, 15) is 4.79 Å². The van der Waals surface area contributed by atoms with E-state index in [1.165, 1.54) is 0 Å². The minimum Gasteiger partial charge on any atom is -0.497 e. The van der Waals surface area contributed by atoms with E-state index in [-0.39, 0.29) is 6.61 Å². The summed E-state index contributed by atoms with van der Waals surface area (Å²) in [5.74, 6) is 1.15. The molecule has 1 N–H and O–H groups in total. The summed E-state index contributed by atoms with van der Waals surface area (Å²) in [6.07, 6.45) is 0. The average molecular weight is 353 g/mol. The number of hydrazone groups is 1. The Bertz CT molecular complexity index is 856. The fourth-order valence-corrected chi connectivity index (χ4v) is 2.16. The van der Waals surface area contributed by atoms with E-state index >= 15 is 0 Å². The van der Waals surface area contributed by atoms with E-state index in [1.807, 2.05) is 6.07 Å². The number of nitriles is 1. The van der Waals surface area contributed by atoms with Crippen LogP contribution in [-0.2, 0) is 4.79 Å². The summed E-state index contributed by atoms with van der Waals surface area (Å²) in [6, 6.07) is 14.0. The molecule has 0 bridgehead atoms. The van der Waals surface area contributed by atoms with Crippen molar-refractivity contribution in [2.45, 2.75) is 6.92 Å². The van der Waals surface area contributed by atoms with Gasteiger partial charge in [0.2, 0.25) is 0 Å². The van der Waals surface area contributed by atoms with Gasteiger partial charge in [-0.2, -0.15) is 10.4 Å². The van der Waals surface area contributed by atoms with Crippen LogP contribution in [0.5, 0.6) is 17.2 Å². The Kier molecular flexibility index (Phi) is 6.57. The Balaban J connectivity index is 2.00.